The Balaban J connectivity index is 1.22. The molecule has 2 aromatic rings. The number of aromatic nitrogens is 2. The highest BCUT2D eigenvalue weighted by Crippen LogP contribution is 2.64. The normalized spacial score (nSPS) is 32.1. The molecule has 6 rings (SSSR count). The highest BCUT2D eigenvalue weighted by Gasteiger charge is 2.60. The number of rotatable bonds is 5. The molecule has 0 radical (unpaired) electrons. The lowest BCUT2D eigenvalue weighted by atomic mass is 9.49. The average Bonchev–Trinajstić information content (AvgIpc) is 3.12. The summed E-state index contributed by atoms with van der Waals surface area (Å²) in [5.41, 5.74) is 1.45. The molecule has 2 unspecified atom stereocenters. The van der Waals surface area contributed by atoms with Gasteiger partial charge in [0.15, 0.2) is 4.34 Å². The van der Waals surface area contributed by atoms with E-state index in [2.05, 4.69) is 21.6 Å². The van der Waals surface area contributed by atoms with E-state index in [0.717, 1.165) is 47.8 Å². The van der Waals surface area contributed by atoms with E-state index < -0.39 is 0 Å². The Morgan fingerprint density at radius 3 is 2.62 bits per heavy atom. The third kappa shape index (κ3) is 3.78. The number of carbonyl (C=O) groups excluding carboxylic acids is 1. The van der Waals surface area contributed by atoms with Gasteiger partial charge in [0.05, 0.1) is 17.0 Å². The largest absolute Gasteiger partial charge is 0.300 e. The van der Waals surface area contributed by atoms with E-state index in [-0.39, 0.29) is 16.2 Å². The van der Waals surface area contributed by atoms with E-state index in [0.29, 0.717) is 22.5 Å². The van der Waals surface area contributed by atoms with Crippen molar-refractivity contribution in [2.75, 3.05) is 5.32 Å². The summed E-state index contributed by atoms with van der Waals surface area (Å²) in [4.78, 5) is 13.0. The third-order valence-corrected chi connectivity index (χ3v) is 9.03. The van der Waals surface area contributed by atoms with Gasteiger partial charge in [0.2, 0.25) is 11.0 Å². The molecule has 4 bridgehead atoms. The number of halogens is 1. The number of hydrogen-bond donors (Lipinski definition) is 1. The predicted molar refractivity (Wildman–Crippen MR) is 115 cm³/mol. The van der Waals surface area contributed by atoms with Crippen LogP contribution in [0.15, 0.2) is 28.6 Å². The van der Waals surface area contributed by atoms with Crippen LogP contribution in [0.1, 0.15) is 49.7 Å². The van der Waals surface area contributed by atoms with Gasteiger partial charge in [-0.1, -0.05) is 35.2 Å². The van der Waals surface area contributed by atoms with Crippen molar-refractivity contribution in [3.05, 3.63) is 35.4 Å². The third-order valence-electron chi connectivity index (χ3n) is 6.54. The Hall–Kier alpha value is -1.62. The Kier molecular flexibility index (Phi) is 4.84. The molecule has 0 aliphatic heterocycles. The quantitative estimate of drug-likeness (QED) is 0.388. The summed E-state index contributed by atoms with van der Waals surface area (Å²) < 4.78 is 0.823. The summed E-state index contributed by atoms with van der Waals surface area (Å²) in [6, 6.07) is 9.65. The molecule has 1 aromatic carbocycles. The van der Waals surface area contributed by atoms with Crippen molar-refractivity contribution in [2.24, 2.45) is 17.3 Å². The predicted octanol–water partition coefficient (Wildman–Crippen LogP) is 5.22. The number of alkyl halides is 1. The van der Waals surface area contributed by atoms with Gasteiger partial charge in [0, 0.05) is 10.6 Å². The summed E-state index contributed by atoms with van der Waals surface area (Å²) in [5, 5.41) is 20.9. The minimum absolute atomic E-state index is 0.0800. The highest BCUT2D eigenvalue weighted by atomic mass is 35.5. The van der Waals surface area contributed by atoms with Gasteiger partial charge in [0.1, 0.15) is 0 Å². The topological polar surface area (TPSA) is 78.7 Å². The van der Waals surface area contributed by atoms with Crippen molar-refractivity contribution in [3.63, 3.8) is 0 Å². The van der Waals surface area contributed by atoms with E-state index in [4.69, 9.17) is 16.9 Å². The average molecular weight is 445 g/mol. The van der Waals surface area contributed by atoms with Gasteiger partial charge in [-0.15, -0.1) is 21.8 Å². The van der Waals surface area contributed by atoms with Crippen LogP contribution in [0.4, 0.5) is 5.13 Å². The molecule has 1 amide bonds. The van der Waals surface area contributed by atoms with Crippen LogP contribution in [-0.2, 0) is 10.5 Å². The van der Waals surface area contributed by atoms with E-state index in [1.54, 1.807) is 11.8 Å². The SMILES string of the molecule is N#Cc1ccc(CSc2nnc(NC(=O)C34CC5CC(CC(Cl)(C5)C3)C4)s2)cc1. The highest BCUT2D eigenvalue weighted by molar-refractivity contribution is 8.00. The first-order valence-corrected chi connectivity index (χ1v) is 12.1. The maximum Gasteiger partial charge on any atom is 0.232 e. The fourth-order valence-corrected chi connectivity index (χ4v) is 8.18. The summed E-state index contributed by atoms with van der Waals surface area (Å²) in [5.74, 6) is 2.01. The van der Waals surface area contributed by atoms with Gasteiger partial charge in [-0.2, -0.15) is 5.26 Å². The molecular formula is C21H21ClN4OS2. The van der Waals surface area contributed by atoms with Crippen LogP contribution in [0.2, 0.25) is 0 Å². The van der Waals surface area contributed by atoms with Gasteiger partial charge < -0.3 is 5.32 Å². The van der Waals surface area contributed by atoms with Crippen LogP contribution in [0.5, 0.6) is 0 Å². The molecule has 1 heterocycles. The minimum Gasteiger partial charge on any atom is -0.300 e. The lowest BCUT2D eigenvalue weighted by Crippen LogP contribution is -2.57. The minimum atomic E-state index is -0.326. The van der Waals surface area contributed by atoms with Crippen LogP contribution in [-0.4, -0.2) is 21.0 Å². The number of anilines is 1. The Morgan fingerprint density at radius 2 is 1.97 bits per heavy atom. The zero-order chi connectivity index (χ0) is 20.1. The van der Waals surface area contributed by atoms with Crippen molar-refractivity contribution in [1.82, 2.24) is 10.2 Å². The summed E-state index contributed by atoms with van der Waals surface area (Å²) in [6.45, 7) is 0. The van der Waals surface area contributed by atoms with Crippen molar-refractivity contribution in [1.29, 1.82) is 5.26 Å². The molecule has 2 atom stereocenters. The Bertz CT molecular complexity index is 969. The number of carbonyl (C=O) groups is 1. The molecule has 0 saturated heterocycles. The molecular weight excluding hydrogens is 424 g/mol. The van der Waals surface area contributed by atoms with Crippen LogP contribution >= 0.6 is 34.7 Å². The smallest absolute Gasteiger partial charge is 0.232 e. The number of thioether (sulfide) groups is 1. The van der Waals surface area contributed by atoms with E-state index in [1.165, 1.54) is 17.8 Å². The molecule has 0 spiro atoms. The molecule has 4 saturated carbocycles. The molecule has 1 aromatic heterocycles. The van der Waals surface area contributed by atoms with Crippen molar-refractivity contribution in [3.8, 4) is 6.07 Å². The zero-order valence-corrected chi connectivity index (χ0v) is 18.2. The summed E-state index contributed by atoms with van der Waals surface area (Å²) in [6.07, 6.45) is 6.08. The maximum absolute atomic E-state index is 13.2. The molecule has 1 N–H and O–H groups in total. The number of nitrogens with one attached hydrogen (secondary N) is 1. The van der Waals surface area contributed by atoms with E-state index >= 15 is 0 Å². The molecule has 150 valence electrons. The number of amides is 1. The Labute approximate surface area is 183 Å². The standard InChI is InChI=1S/C21H21ClN4OS2/c22-21-8-15-5-16(9-21)7-20(6-15,12-21)17(27)24-18-25-26-19(29-18)28-11-14-3-1-13(10-23)2-4-14/h1-4,15-16H,5-9,11-12H2,(H,24,25,27). The first kappa shape index (κ1) is 19.3. The van der Waals surface area contributed by atoms with Crippen LogP contribution < -0.4 is 5.32 Å². The number of nitrogens with zero attached hydrogens (tertiary/aromatic N) is 3. The maximum atomic E-state index is 13.2. The lowest BCUT2D eigenvalue weighted by molar-refractivity contribution is -0.138. The second kappa shape index (κ2) is 7.26. The van der Waals surface area contributed by atoms with Crippen LogP contribution in [0, 0.1) is 28.6 Å². The monoisotopic (exact) mass is 444 g/mol. The first-order chi connectivity index (χ1) is 14.0. The van der Waals surface area contributed by atoms with Crippen molar-refractivity contribution >= 4 is 45.7 Å². The first-order valence-electron chi connectivity index (χ1n) is 9.91. The molecule has 4 aliphatic carbocycles. The van der Waals surface area contributed by atoms with Crippen LogP contribution in [0.3, 0.4) is 0 Å². The molecule has 29 heavy (non-hydrogen) atoms. The van der Waals surface area contributed by atoms with Gasteiger partial charge >= 0.3 is 0 Å². The molecule has 4 fully saturated rings. The van der Waals surface area contributed by atoms with Gasteiger partial charge in [-0.25, -0.2) is 0 Å². The number of nitriles is 1. The molecule has 8 heteroatoms. The second-order valence-electron chi connectivity index (χ2n) is 8.82. The lowest BCUT2D eigenvalue weighted by Gasteiger charge is -2.59. The van der Waals surface area contributed by atoms with Gasteiger partial charge in [0.25, 0.3) is 0 Å². The van der Waals surface area contributed by atoms with Crippen molar-refractivity contribution in [2.45, 2.75) is 53.5 Å². The fourth-order valence-electron chi connectivity index (χ4n) is 5.79. The number of benzene rings is 1. The molecule has 4 aliphatic rings. The van der Waals surface area contributed by atoms with Gasteiger partial charge in [-0.05, 0) is 68.1 Å². The van der Waals surface area contributed by atoms with E-state index in [9.17, 15) is 4.79 Å². The summed E-state index contributed by atoms with van der Waals surface area (Å²) >= 11 is 9.86. The fraction of sp³-hybridized carbons (Fsp3) is 0.524. The Morgan fingerprint density at radius 1 is 1.24 bits per heavy atom. The van der Waals surface area contributed by atoms with E-state index in [1.807, 2.05) is 24.3 Å². The van der Waals surface area contributed by atoms with Crippen molar-refractivity contribution < 1.29 is 4.79 Å². The second-order valence-corrected chi connectivity index (χ2v) is 11.8. The van der Waals surface area contributed by atoms with Gasteiger partial charge in [-0.3, -0.25) is 4.79 Å². The van der Waals surface area contributed by atoms with Crippen LogP contribution in [0.25, 0.3) is 0 Å². The summed E-state index contributed by atoms with van der Waals surface area (Å²) in [7, 11) is 0. The zero-order valence-electron chi connectivity index (χ0n) is 15.9. The molecule has 5 nitrogen and oxygen atoms in total. The number of hydrogen-bond acceptors (Lipinski definition) is 6.